The second-order valence-electron chi connectivity index (χ2n) is 6.60. The maximum Gasteiger partial charge on any atom is 0.226 e. The van der Waals surface area contributed by atoms with E-state index in [2.05, 4.69) is 19.1 Å². The average molecular weight is 303 g/mol. The number of ether oxygens (including phenoxy) is 2. The number of benzene rings is 1. The monoisotopic (exact) mass is 303 g/mol. The van der Waals surface area contributed by atoms with Gasteiger partial charge >= 0.3 is 0 Å². The fourth-order valence-corrected chi connectivity index (χ4v) is 3.48. The highest BCUT2D eigenvalue weighted by Gasteiger charge is 2.39. The van der Waals surface area contributed by atoms with Crippen LogP contribution in [-0.2, 0) is 20.8 Å². The van der Waals surface area contributed by atoms with Crippen molar-refractivity contribution in [2.75, 3.05) is 13.2 Å². The van der Waals surface area contributed by atoms with Gasteiger partial charge in [0.25, 0.3) is 0 Å². The van der Waals surface area contributed by atoms with Crippen LogP contribution >= 0.6 is 0 Å². The van der Waals surface area contributed by atoms with Crippen molar-refractivity contribution in [3.63, 3.8) is 0 Å². The van der Waals surface area contributed by atoms with Crippen LogP contribution in [0.5, 0.6) is 0 Å². The molecule has 0 aromatic heterocycles. The van der Waals surface area contributed by atoms with Crippen molar-refractivity contribution in [1.29, 1.82) is 0 Å². The number of likely N-dealkylation sites (tertiary alicyclic amines) is 1. The first kappa shape index (κ1) is 15.5. The molecule has 2 atom stereocenters. The Balaban J connectivity index is 1.58. The standard InChI is InChI=1S/C18H25NO3/c1-14-12-16(8-9-18(2)21-10-11-22-18)17(20)19(14)13-15-6-4-3-5-7-15/h3-7,14,16H,8-13H2,1-2H3. The molecule has 2 unspecified atom stereocenters. The van der Waals surface area contributed by atoms with Crippen molar-refractivity contribution in [2.24, 2.45) is 5.92 Å². The van der Waals surface area contributed by atoms with E-state index in [4.69, 9.17) is 9.47 Å². The van der Waals surface area contributed by atoms with E-state index in [1.54, 1.807) is 0 Å². The number of hydrogen-bond donors (Lipinski definition) is 0. The molecule has 0 saturated carbocycles. The van der Waals surface area contributed by atoms with Gasteiger partial charge in [-0.05, 0) is 32.3 Å². The maximum absolute atomic E-state index is 12.7. The van der Waals surface area contributed by atoms with Crippen LogP contribution in [0.2, 0.25) is 0 Å². The predicted molar refractivity (Wildman–Crippen MR) is 84.1 cm³/mol. The largest absolute Gasteiger partial charge is 0.348 e. The van der Waals surface area contributed by atoms with Gasteiger partial charge in [0, 0.05) is 24.9 Å². The Kier molecular flexibility index (Phi) is 4.50. The molecular formula is C18H25NO3. The van der Waals surface area contributed by atoms with Crippen LogP contribution in [0.3, 0.4) is 0 Å². The molecule has 0 N–H and O–H groups in total. The van der Waals surface area contributed by atoms with E-state index in [1.807, 2.05) is 30.0 Å². The smallest absolute Gasteiger partial charge is 0.226 e. The molecule has 4 nitrogen and oxygen atoms in total. The number of carbonyl (C=O) groups is 1. The molecule has 3 rings (SSSR count). The van der Waals surface area contributed by atoms with Gasteiger partial charge in [-0.25, -0.2) is 0 Å². The van der Waals surface area contributed by atoms with Crippen LogP contribution in [0, 0.1) is 5.92 Å². The van der Waals surface area contributed by atoms with Crippen molar-refractivity contribution in [3.05, 3.63) is 35.9 Å². The highest BCUT2D eigenvalue weighted by atomic mass is 16.7. The first-order valence-electron chi connectivity index (χ1n) is 8.20. The highest BCUT2D eigenvalue weighted by Crippen LogP contribution is 2.33. The van der Waals surface area contributed by atoms with Crippen LogP contribution in [0.4, 0.5) is 0 Å². The Labute approximate surface area is 132 Å². The molecule has 0 aliphatic carbocycles. The van der Waals surface area contributed by atoms with Gasteiger partial charge in [-0.15, -0.1) is 0 Å². The topological polar surface area (TPSA) is 38.8 Å². The molecule has 1 aromatic carbocycles. The summed E-state index contributed by atoms with van der Waals surface area (Å²) < 4.78 is 11.3. The molecule has 2 aliphatic heterocycles. The Morgan fingerprint density at radius 3 is 2.59 bits per heavy atom. The lowest BCUT2D eigenvalue weighted by atomic mass is 9.97. The van der Waals surface area contributed by atoms with Gasteiger partial charge in [-0.3, -0.25) is 4.79 Å². The van der Waals surface area contributed by atoms with Crippen molar-refractivity contribution in [1.82, 2.24) is 4.90 Å². The van der Waals surface area contributed by atoms with Crippen LogP contribution in [0.25, 0.3) is 0 Å². The first-order valence-corrected chi connectivity index (χ1v) is 8.20. The summed E-state index contributed by atoms with van der Waals surface area (Å²) in [6.07, 6.45) is 2.56. The number of rotatable bonds is 5. The van der Waals surface area contributed by atoms with E-state index >= 15 is 0 Å². The molecule has 0 bridgehead atoms. The van der Waals surface area contributed by atoms with Gasteiger partial charge in [0.05, 0.1) is 13.2 Å². The Bertz CT molecular complexity index is 510. The van der Waals surface area contributed by atoms with Gasteiger partial charge in [0.1, 0.15) is 0 Å². The SMILES string of the molecule is CC1CC(CCC2(C)OCCO2)C(=O)N1Cc1ccccc1. The molecule has 120 valence electrons. The maximum atomic E-state index is 12.7. The quantitative estimate of drug-likeness (QED) is 0.839. The van der Waals surface area contributed by atoms with Crippen molar-refractivity contribution in [2.45, 2.75) is 51.5 Å². The molecular weight excluding hydrogens is 278 g/mol. The van der Waals surface area contributed by atoms with Crippen LogP contribution in [0.15, 0.2) is 30.3 Å². The third-order valence-electron chi connectivity index (χ3n) is 4.83. The molecule has 22 heavy (non-hydrogen) atoms. The van der Waals surface area contributed by atoms with Crippen LogP contribution in [0.1, 0.15) is 38.7 Å². The number of nitrogens with zero attached hydrogens (tertiary/aromatic N) is 1. The fraction of sp³-hybridized carbons (Fsp3) is 0.611. The molecule has 1 aromatic rings. The summed E-state index contributed by atoms with van der Waals surface area (Å²) in [5.74, 6) is -0.114. The summed E-state index contributed by atoms with van der Waals surface area (Å²) in [5, 5.41) is 0. The highest BCUT2D eigenvalue weighted by molar-refractivity contribution is 5.81. The van der Waals surface area contributed by atoms with Crippen LogP contribution < -0.4 is 0 Å². The number of hydrogen-bond acceptors (Lipinski definition) is 3. The fourth-order valence-electron chi connectivity index (χ4n) is 3.48. The van der Waals surface area contributed by atoms with E-state index < -0.39 is 5.79 Å². The summed E-state index contributed by atoms with van der Waals surface area (Å²) in [6.45, 7) is 6.15. The molecule has 2 fully saturated rings. The summed E-state index contributed by atoms with van der Waals surface area (Å²) in [6, 6.07) is 10.5. The minimum absolute atomic E-state index is 0.100. The minimum atomic E-state index is -0.490. The molecule has 1 amide bonds. The van der Waals surface area contributed by atoms with Gasteiger partial charge in [0.15, 0.2) is 5.79 Å². The van der Waals surface area contributed by atoms with Crippen molar-refractivity contribution >= 4 is 5.91 Å². The van der Waals surface area contributed by atoms with E-state index in [9.17, 15) is 4.79 Å². The summed E-state index contributed by atoms with van der Waals surface area (Å²) >= 11 is 0. The lowest BCUT2D eigenvalue weighted by Crippen LogP contribution is -2.32. The third-order valence-corrected chi connectivity index (χ3v) is 4.83. The molecule has 2 saturated heterocycles. The Morgan fingerprint density at radius 1 is 1.23 bits per heavy atom. The normalized spacial score (nSPS) is 27.5. The molecule has 4 heteroatoms. The van der Waals surface area contributed by atoms with E-state index in [0.29, 0.717) is 25.8 Å². The lowest BCUT2D eigenvalue weighted by Gasteiger charge is -2.24. The van der Waals surface area contributed by atoms with Crippen molar-refractivity contribution < 1.29 is 14.3 Å². The zero-order chi connectivity index (χ0) is 15.6. The summed E-state index contributed by atoms with van der Waals surface area (Å²) in [7, 11) is 0. The number of carbonyl (C=O) groups excluding carboxylic acids is 1. The molecule has 2 aliphatic rings. The van der Waals surface area contributed by atoms with Crippen LogP contribution in [-0.4, -0.2) is 35.8 Å². The van der Waals surface area contributed by atoms with Gasteiger partial charge < -0.3 is 14.4 Å². The summed E-state index contributed by atoms with van der Waals surface area (Å²) in [4.78, 5) is 14.7. The molecule has 0 spiro atoms. The third kappa shape index (κ3) is 3.33. The summed E-state index contributed by atoms with van der Waals surface area (Å²) in [5.41, 5.74) is 1.19. The van der Waals surface area contributed by atoms with E-state index in [1.165, 1.54) is 5.56 Å². The van der Waals surface area contributed by atoms with Crippen molar-refractivity contribution in [3.8, 4) is 0 Å². The Morgan fingerprint density at radius 2 is 1.91 bits per heavy atom. The minimum Gasteiger partial charge on any atom is -0.348 e. The van der Waals surface area contributed by atoms with Gasteiger partial charge in [-0.2, -0.15) is 0 Å². The van der Waals surface area contributed by atoms with E-state index in [-0.39, 0.29) is 11.8 Å². The molecule has 2 heterocycles. The second kappa shape index (κ2) is 6.39. The Hall–Kier alpha value is -1.39. The van der Waals surface area contributed by atoms with Gasteiger partial charge in [-0.1, -0.05) is 30.3 Å². The first-order chi connectivity index (χ1) is 10.6. The average Bonchev–Trinajstić information content (AvgIpc) is 3.06. The second-order valence-corrected chi connectivity index (χ2v) is 6.60. The zero-order valence-corrected chi connectivity index (χ0v) is 13.5. The van der Waals surface area contributed by atoms with E-state index in [0.717, 1.165) is 19.3 Å². The molecule has 0 radical (unpaired) electrons. The zero-order valence-electron chi connectivity index (χ0n) is 13.5. The predicted octanol–water partition coefficient (Wildman–Crippen LogP) is 2.97. The van der Waals surface area contributed by atoms with Gasteiger partial charge in [0.2, 0.25) is 5.91 Å². The lowest BCUT2D eigenvalue weighted by molar-refractivity contribution is -0.151. The number of amides is 1.